The van der Waals surface area contributed by atoms with E-state index in [2.05, 4.69) is 9.50 Å². The number of rotatable bonds is 6. The Morgan fingerprint density at radius 3 is 2.38 bits per heavy atom. The molecule has 0 heterocycles. The summed E-state index contributed by atoms with van der Waals surface area (Å²) in [5.41, 5.74) is 0. The van der Waals surface area contributed by atoms with Crippen LogP contribution in [0.4, 0.5) is 0 Å². The Kier molecular flexibility index (Phi) is 5.42. The molecule has 0 aromatic rings. The Hall–Kier alpha value is -0.210. The Morgan fingerprint density at radius 2 is 2.00 bits per heavy atom. The summed E-state index contributed by atoms with van der Waals surface area (Å²) in [5.74, 6) is 0. The highest BCUT2D eigenvalue weighted by Crippen LogP contribution is 1.90. The van der Waals surface area contributed by atoms with Gasteiger partial charge in [0.2, 0.25) is 0 Å². The van der Waals surface area contributed by atoms with Crippen LogP contribution < -0.4 is 5.32 Å². The van der Waals surface area contributed by atoms with E-state index in [-0.39, 0.29) is 12.6 Å². The summed E-state index contributed by atoms with van der Waals surface area (Å²) in [6.07, 6.45) is -0.954. The molecular formula is C6H15NO5S. The molecule has 0 bridgehead atoms. The van der Waals surface area contributed by atoms with Crippen molar-refractivity contribution >= 4 is 10.4 Å². The molecule has 7 heteroatoms. The number of aliphatic hydroxyl groups excluding tert-OH is 1. The molecule has 0 amide bonds. The van der Waals surface area contributed by atoms with Gasteiger partial charge < -0.3 is 10.4 Å². The number of hydrogen-bond acceptors (Lipinski definition) is 5. The Morgan fingerprint density at radius 1 is 1.46 bits per heavy atom. The third-order valence-corrected chi connectivity index (χ3v) is 1.61. The molecule has 0 aliphatic rings. The maximum absolute atomic E-state index is 10.1. The monoisotopic (exact) mass is 213 g/mol. The van der Waals surface area contributed by atoms with Crippen LogP contribution in [0.5, 0.6) is 0 Å². The minimum absolute atomic E-state index is 0.195. The molecule has 3 N–H and O–H groups in total. The maximum atomic E-state index is 10.1. The van der Waals surface area contributed by atoms with Crippen LogP contribution in [0, 0.1) is 0 Å². The summed E-state index contributed by atoms with van der Waals surface area (Å²) in [5, 5.41) is 12.0. The van der Waals surface area contributed by atoms with E-state index >= 15 is 0 Å². The smallest absolute Gasteiger partial charge is 0.389 e. The molecule has 1 atom stereocenters. The Labute approximate surface area is 77.9 Å². The van der Waals surface area contributed by atoms with E-state index in [1.807, 2.05) is 13.8 Å². The maximum Gasteiger partial charge on any atom is 0.397 e. The minimum atomic E-state index is -4.45. The third-order valence-electron chi connectivity index (χ3n) is 1.17. The predicted molar refractivity (Wildman–Crippen MR) is 46.6 cm³/mol. The first-order chi connectivity index (χ1) is 5.81. The molecule has 0 rings (SSSR count). The SMILES string of the molecule is CC(C)NCC(O)COS(=O)(=O)O. The normalized spacial score (nSPS) is 14.8. The molecule has 1 unspecified atom stereocenters. The average molecular weight is 213 g/mol. The molecular weight excluding hydrogens is 198 g/mol. The van der Waals surface area contributed by atoms with Gasteiger partial charge >= 0.3 is 10.4 Å². The number of nitrogens with one attached hydrogen (secondary N) is 1. The van der Waals surface area contributed by atoms with E-state index in [0.29, 0.717) is 0 Å². The second kappa shape index (κ2) is 5.51. The zero-order valence-corrected chi connectivity index (χ0v) is 8.41. The van der Waals surface area contributed by atoms with Crippen LogP contribution in [0.25, 0.3) is 0 Å². The molecule has 0 aliphatic heterocycles. The van der Waals surface area contributed by atoms with Crippen molar-refractivity contribution in [2.45, 2.75) is 26.0 Å². The summed E-state index contributed by atoms with van der Waals surface area (Å²) in [6, 6.07) is 0.195. The molecule has 0 spiro atoms. The van der Waals surface area contributed by atoms with E-state index in [4.69, 9.17) is 9.66 Å². The van der Waals surface area contributed by atoms with Crippen molar-refractivity contribution in [3.63, 3.8) is 0 Å². The fraction of sp³-hybridized carbons (Fsp3) is 1.00. The van der Waals surface area contributed by atoms with Crippen molar-refractivity contribution in [2.75, 3.05) is 13.2 Å². The largest absolute Gasteiger partial charge is 0.397 e. The molecule has 0 aromatic carbocycles. The quantitative estimate of drug-likeness (QED) is 0.498. The lowest BCUT2D eigenvalue weighted by molar-refractivity contribution is 0.100. The van der Waals surface area contributed by atoms with Crippen LogP contribution in [0.1, 0.15) is 13.8 Å². The topological polar surface area (TPSA) is 95.9 Å². The van der Waals surface area contributed by atoms with Crippen LogP contribution in [-0.2, 0) is 14.6 Å². The van der Waals surface area contributed by atoms with Gasteiger partial charge in [0.1, 0.15) is 0 Å². The van der Waals surface area contributed by atoms with Gasteiger partial charge in [0, 0.05) is 12.6 Å². The summed E-state index contributed by atoms with van der Waals surface area (Å²) in [4.78, 5) is 0. The highest BCUT2D eigenvalue weighted by Gasteiger charge is 2.10. The van der Waals surface area contributed by atoms with Crippen molar-refractivity contribution in [2.24, 2.45) is 0 Å². The number of aliphatic hydroxyl groups is 1. The van der Waals surface area contributed by atoms with Crippen molar-refractivity contribution in [1.29, 1.82) is 0 Å². The zero-order valence-electron chi connectivity index (χ0n) is 7.60. The Balaban J connectivity index is 3.58. The van der Waals surface area contributed by atoms with Gasteiger partial charge in [0.25, 0.3) is 0 Å². The van der Waals surface area contributed by atoms with Gasteiger partial charge in [-0.1, -0.05) is 13.8 Å². The van der Waals surface area contributed by atoms with Gasteiger partial charge in [0.15, 0.2) is 0 Å². The summed E-state index contributed by atoms with van der Waals surface area (Å²) >= 11 is 0. The van der Waals surface area contributed by atoms with E-state index in [0.717, 1.165) is 0 Å². The lowest BCUT2D eigenvalue weighted by atomic mass is 10.3. The molecule has 13 heavy (non-hydrogen) atoms. The van der Waals surface area contributed by atoms with Crippen molar-refractivity contribution in [1.82, 2.24) is 5.32 Å². The average Bonchev–Trinajstić information content (AvgIpc) is 1.95. The van der Waals surface area contributed by atoms with Crippen LogP contribution in [0.15, 0.2) is 0 Å². The lowest BCUT2D eigenvalue weighted by Crippen LogP contribution is -2.34. The van der Waals surface area contributed by atoms with Crippen LogP contribution >= 0.6 is 0 Å². The molecule has 0 saturated heterocycles. The fourth-order valence-electron chi connectivity index (χ4n) is 0.595. The van der Waals surface area contributed by atoms with E-state index in [1.165, 1.54) is 0 Å². The lowest BCUT2D eigenvalue weighted by Gasteiger charge is -2.12. The predicted octanol–water partition coefficient (Wildman–Crippen LogP) is -0.835. The van der Waals surface area contributed by atoms with Crippen LogP contribution in [0.2, 0.25) is 0 Å². The van der Waals surface area contributed by atoms with Crippen LogP contribution in [-0.4, -0.2) is 43.4 Å². The summed E-state index contributed by atoms with van der Waals surface area (Å²) in [7, 11) is -4.45. The minimum Gasteiger partial charge on any atom is -0.389 e. The first kappa shape index (κ1) is 12.8. The first-order valence-corrected chi connectivity index (χ1v) is 5.21. The molecule has 0 radical (unpaired) electrons. The van der Waals surface area contributed by atoms with Gasteiger partial charge in [-0.15, -0.1) is 0 Å². The molecule has 80 valence electrons. The van der Waals surface area contributed by atoms with Gasteiger partial charge in [-0.05, 0) is 0 Å². The first-order valence-electron chi connectivity index (χ1n) is 3.84. The molecule has 0 fully saturated rings. The molecule has 0 saturated carbocycles. The molecule has 6 nitrogen and oxygen atoms in total. The van der Waals surface area contributed by atoms with E-state index in [9.17, 15) is 8.42 Å². The molecule has 0 aliphatic carbocycles. The number of hydrogen-bond donors (Lipinski definition) is 3. The Bertz CT molecular complexity index is 225. The zero-order chi connectivity index (χ0) is 10.5. The van der Waals surface area contributed by atoms with Gasteiger partial charge in [-0.25, -0.2) is 4.18 Å². The van der Waals surface area contributed by atoms with Crippen LogP contribution in [0.3, 0.4) is 0 Å². The fourth-order valence-corrected chi connectivity index (χ4v) is 0.924. The van der Waals surface area contributed by atoms with E-state index < -0.39 is 23.1 Å². The van der Waals surface area contributed by atoms with E-state index in [1.54, 1.807) is 0 Å². The van der Waals surface area contributed by atoms with Crippen molar-refractivity contribution in [3.05, 3.63) is 0 Å². The van der Waals surface area contributed by atoms with Crippen molar-refractivity contribution in [3.8, 4) is 0 Å². The standard InChI is InChI=1S/C6H15NO5S/c1-5(2)7-3-6(8)4-12-13(9,10)11/h5-8H,3-4H2,1-2H3,(H,9,10,11). The van der Waals surface area contributed by atoms with Gasteiger partial charge in [0.05, 0.1) is 12.7 Å². The van der Waals surface area contributed by atoms with Gasteiger partial charge in [-0.2, -0.15) is 8.42 Å². The second-order valence-electron chi connectivity index (χ2n) is 2.93. The summed E-state index contributed by atoms with van der Waals surface area (Å²) in [6.45, 7) is 3.54. The highest BCUT2D eigenvalue weighted by molar-refractivity contribution is 7.80. The second-order valence-corrected chi connectivity index (χ2v) is 4.02. The third kappa shape index (κ3) is 9.71. The molecule has 0 aromatic heterocycles. The summed E-state index contributed by atoms with van der Waals surface area (Å²) < 4.78 is 32.3. The highest BCUT2D eigenvalue weighted by atomic mass is 32.3. The van der Waals surface area contributed by atoms with Crippen molar-refractivity contribution < 1.29 is 22.3 Å². The van der Waals surface area contributed by atoms with Gasteiger partial charge in [-0.3, -0.25) is 4.55 Å².